The zero-order valence-corrected chi connectivity index (χ0v) is 22.0. The molecule has 0 aliphatic rings. The van der Waals surface area contributed by atoms with E-state index in [4.69, 9.17) is 27.6 Å². The molecule has 33 heavy (non-hydrogen) atoms. The fourth-order valence-corrected chi connectivity index (χ4v) is 9.21. The van der Waals surface area contributed by atoms with Gasteiger partial charge in [-0.1, -0.05) is 100.0 Å². The third-order valence-corrected chi connectivity index (χ3v) is 11.2. The molecule has 0 fully saturated rings. The third kappa shape index (κ3) is 5.76. The summed E-state index contributed by atoms with van der Waals surface area (Å²) in [6, 6.07) is 21.2. The maximum atomic E-state index is 9.64. The molecule has 2 N–H and O–H groups in total. The van der Waals surface area contributed by atoms with Gasteiger partial charge < -0.3 is 14.8 Å². The van der Waals surface area contributed by atoms with Gasteiger partial charge in [-0.3, -0.25) is 0 Å². The van der Waals surface area contributed by atoms with Gasteiger partial charge in [-0.15, -0.1) is 0 Å². The van der Waals surface area contributed by atoms with Crippen LogP contribution in [-0.4, -0.2) is 36.5 Å². The van der Waals surface area contributed by atoms with Crippen molar-refractivity contribution in [2.45, 2.75) is 39.3 Å². The van der Waals surface area contributed by atoms with Crippen LogP contribution in [0.1, 0.15) is 33.3 Å². The summed E-state index contributed by atoms with van der Waals surface area (Å²) >= 11 is 12.1. The number of aliphatic hydroxyl groups is 1. The Hall–Kier alpha value is -1.96. The van der Waals surface area contributed by atoms with Gasteiger partial charge in [-0.05, 0) is 32.9 Å². The first-order valence-electron chi connectivity index (χ1n) is 11.0. The van der Waals surface area contributed by atoms with E-state index in [2.05, 4.69) is 91.5 Å². The average molecular weight is 505 g/mol. The Labute approximate surface area is 207 Å². The minimum atomic E-state index is -2.59. The quantitative estimate of drug-likeness (QED) is 0.247. The highest BCUT2D eigenvalue weighted by molar-refractivity contribution is 6.99. The lowest BCUT2D eigenvalue weighted by Crippen LogP contribution is -2.67. The zero-order valence-electron chi connectivity index (χ0n) is 19.5. The Kier molecular flexibility index (Phi) is 8.53. The largest absolute Gasteiger partial charge is 0.407 e. The molecule has 5 nitrogen and oxygen atoms in total. The molecular weight excluding hydrogens is 473 g/mol. The van der Waals surface area contributed by atoms with Crippen molar-refractivity contribution in [1.82, 2.24) is 9.97 Å². The standard InChI is InChI=1S/C25H31Cl2N3O2Si/c1-18(15-28-23-21(16-31)22(26)29-24(27)30-23)17-32-33(25(2,3)4,19-11-7-5-8-12-19)20-13-9-6-10-14-20/h5-14,18,31H,15-17H2,1-4H3,(H,28,29,30). The van der Waals surface area contributed by atoms with Crippen LogP contribution in [0.25, 0.3) is 0 Å². The first-order chi connectivity index (χ1) is 15.7. The normalized spacial score (nSPS) is 13.1. The molecule has 1 unspecified atom stereocenters. The molecule has 0 radical (unpaired) electrons. The Bertz CT molecular complexity index is 1010. The van der Waals surface area contributed by atoms with Crippen molar-refractivity contribution in [3.05, 3.63) is 76.7 Å². The second kappa shape index (κ2) is 11.0. The van der Waals surface area contributed by atoms with Crippen molar-refractivity contribution in [3.8, 4) is 0 Å². The Morgan fingerprint density at radius 3 is 2.00 bits per heavy atom. The Morgan fingerprint density at radius 2 is 1.52 bits per heavy atom. The van der Waals surface area contributed by atoms with E-state index in [1.165, 1.54) is 10.4 Å². The molecule has 176 valence electrons. The molecule has 0 saturated carbocycles. The van der Waals surface area contributed by atoms with Crippen LogP contribution in [0.5, 0.6) is 0 Å². The fourth-order valence-electron chi connectivity index (χ4n) is 4.08. The lowest BCUT2D eigenvalue weighted by atomic mass is 10.2. The van der Waals surface area contributed by atoms with Gasteiger partial charge in [0.15, 0.2) is 0 Å². The molecule has 0 bridgehead atoms. The molecule has 0 aliphatic heterocycles. The van der Waals surface area contributed by atoms with Crippen LogP contribution in [0, 0.1) is 5.92 Å². The summed E-state index contributed by atoms with van der Waals surface area (Å²) in [4.78, 5) is 8.08. The van der Waals surface area contributed by atoms with E-state index >= 15 is 0 Å². The number of hydrogen-bond acceptors (Lipinski definition) is 5. The van der Waals surface area contributed by atoms with Gasteiger partial charge in [0, 0.05) is 13.2 Å². The topological polar surface area (TPSA) is 67.3 Å². The number of aromatic nitrogens is 2. The number of nitrogens with zero attached hydrogens (tertiary/aromatic N) is 2. The Morgan fingerprint density at radius 1 is 0.970 bits per heavy atom. The highest BCUT2D eigenvalue weighted by atomic mass is 35.5. The first kappa shape index (κ1) is 25.7. The van der Waals surface area contributed by atoms with E-state index in [-0.39, 0.29) is 28.0 Å². The van der Waals surface area contributed by atoms with Gasteiger partial charge in [-0.2, -0.15) is 0 Å². The molecule has 0 amide bonds. The number of halogens is 2. The lowest BCUT2D eigenvalue weighted by molar-refractivity contribution is 0.251. The average Bonchev–Trinajstić information content (AvgIpc) is 2.78. The van der Waals surface area contributed by atoms with Crippen molar-refractivity contribution in [1.29, 1.82) is 0 Å². The smallest absolute Gasteiger partial charge is 0.261 e. The fraction of sp³-hybridized carbons (Fsp3) is 0.360. The maximum Gasteiger partial charge on any atom is 0.261 e. The zero-order chi connectivity index (χ0) is 24.1. The highest BCUT2D eigenvalue weighted by Gasteiger charge is 2.50. The minimum Gasteiger partial charge on any atom is -0.407 e. The van der Waals surface area contributed by atoms with Crippen LogP contribution in [0.15, 0.2) is 60.7 Å². The van der Waals surface area contributed by atoms with Crippen LogP contribution in [0.2, 0.25) is 15.5 Å². The first-order valence-corrected chi connectivity index (χ1v) is 13.7. The number of benzene rings is 2. The Balaban J connectivity index is 1.85. The van der Waals surface area contributed by atoms with E-state index in [9.17, 15) is 5.11 Å². The van der Waals surface area contributed by atoms with E-state index < -0.39 is 8.32 Å². The van der Waals surface area contributed by atoms with E-state index in [0.29, 0.717) is 24.5 Å². The van der Waals surface area contributed by atoms with Gasteiger partial charge in [0.1, 0.15) is 11.0 Å². The van der Waals surface area contributed by atoms with Gasteiger partial charge in [-0.25, -0.2) is 9.97 Å². The van der Waals surface area contributed by atoms with Crippen molar-refractivity contribution in [3.63, 3.8) is 0 Å². The van der Waals surface area contributed by atoms with Crippen molar-refractivity contribution < 1.29 is 9.53 Å². The summed E-state index contributed by atoms with van der Waals surface area (Å²) in [7, 11) is -2.59. The molecule has 3 aromatic rings. The van der Waals surface area contributed by atoms with Crippen molar-refractivity contribution >= 4 is 47.7 Å². The summed E-state index contributed by atoms with van der Waals surface area (Å²) in [6.45, 7) is 9.77. The number of anilines is 1. The molecule has 2 aromatic carbocycles. The van der Waals surface area contributed by atoms with Gasteiger partial charge in [0.05, 0.1) is 12.2 Å². The molecule has 0 spiro atoms. The molecule has 3 rings (SSSR count). The maximum absolute atomic E-state index is 9.64. The van der Waals surface area contributed by atoms with Crippen LogP contribution in [-0.2, 0) is 11.0 Å². The third-order valence-electron chi connectivity index (χ3n) is 5.71. The number of aliphatic hydroxyl groups excluding tert-OH is 1. The molecule has 8 heteroatoms. The lowest BCUT2D eigenvalue weighted by Gasteiger charge is -2.43. The van der Waals surface area contributed by atoms with Crippen molar-refractivity contribution in [2.75, 3.05) is 18.5 Å². The number of hydrogen-bond donors (Lipinski definition) is 2. The number of rotatable bonds is 9. The van der Waals surface area contributed by atoms with Crippen LogP contribution in [0.3, 0.4) is 0 Å². The number of nitrogens with one attached hydrogen (secondary N) is 1. The van der Waals surface area contributed by atoms with E-state index in [0.717, 1.165) is 0 Å². The molecule has 0 saturated heterocycles. The van der Waals surface area contributed by atoms with E-state index in [1.807, 2.05) is 12.1 Å². The summed E-state index contributed by atoms with van der Waals surface area (Å²) in [5.74, 6) is 0.602. The second-order valence-electron chi connectivity index (χ2n) is 9.23. The predicted octanol–water partition coefficient (Wildman–Crippen LogP) is 4.90. The van der Waals surface area contributed by atoms with Gasteiger partial charge in [0.2, 0.25) is 5.28 Å². The minimum absolute atomic E-state index is 0.0379. The SMILES string of the molecule is CC(CNc1nc(Cl)nc(Cl)c1CO)CO[Si](c1ccccc1)(c1ccccc1)C(C)(C)C. The molecule has 1 aromatic heterocycles. The van der Waals surface area contributed by atoms with Gasteiger partial charge >= 0.3 is 0 Å². The molecule has 1 heterocycles. The summed E-state index contributed by atoms with van der Waals surface area (Å²) in [6.07, 6.45) is 0. The summed E-state index contributed by atoms with van der Waals surface area (Å²) in [5.41, 5.74) is 0.432. The van der Waals surface area contributed by atoms with Crippen LogP contribution in [0.4, 0.5) is 5.82 Å². The van der Waals surface area contributed by atoms with Crippen LogP contribution >= 0.6 is 23.2 Å². The predicted molar refractivity (Wildman–Crippen MR) is 139 cm³/mol. The van der Waals surface area contributed by atoms with Crippen LogP contribution < -0.4 is 15.7 Å². The van der Waals surface area contributed by atoms with Gasteiger partial charge in [0.25, 0.3) is 8.32 Å². The summed E-state index contributed by atoms with van der Waals surface area (Å²) in [5, 5.41) is 15.5. The molecular formula is C25H31Cl2N3O2Si. The van der Waals surface area contributed by atoms with E-state index in [1.54, 1.807) is 0 Å². The molecule has 0 aliphatic carbocycles. The highest BCUT2D eigenvalue weighted by Crippen LogP contribution is 2.37. The van der Waals surface area contributed by atoms with Crippen molar-refractivity contribution in [2.24, 2.45) is 5.92 Å². The second-order valence-corrected chi connectivity index (χ2v) is 14.2. The molecule has 1 atom stereocenters. The summed E-state index contributed by atoms with van der Waals surface area (Å²) < 4.78 is 6.99. The monoisotopic (exact) mass is 503 g/mol.